The van der Waals surface area contributed by atoms with Crippen LogP contribution in [0.25, 0.3) is 0 Å². The van der Waals surface area contributed by atoms with Crippen molar-refractivity contribution in [2.75, 3.05) is 12.8 Å². The number of rotatable bonds is 6. The molecule has 0 atom stereocenters. The predicted octanol–water partition coefficient (Wildman–Crippen LogP) is 0.795. The van der Waals surface area contributed by atoms with Crippen molar-refractivity contribution in [3.63, 3.8) is 0 Å². The average molecular weight is 349 g/mol. The number of carboxylic acid groups (broad SMARTS) is 1. The van der Waals surface area contributed by atoms with Gasteiger partial charge in [0.25, 0.3) is 0 Å². The number of carboxylic acids is 1. The standard InChI is InChI=1S/C13H19NO6S2/c1-9-7-10(5-6-11(9)12(15)16)22(19,20)14-8-13(2,3)21(4,17)18/h5-7,14H,8H2,1-4H3,(H,15,16). The van der Waals surface area contributed by atoms with Crippen LogP contribution >= 0.6 is 0 Å². The van der Waals surface area contributed by atoms with Crippen molar-refractivity contribution in [2.24, 2.45) is 0 Å². The van der Waals surface area contributed by atoms with Crippen molar-refractivity contribution < 1.29 is 26.7 Å². The molecule has 0 aliphatic heterocycles. The number of hydrogen-bond acceptors (Lipinski definition) is 5. The fourth-order valence-electron chi connectivity index (χ4n) is 1.53. The molecule has 1 aromatic carbocycles. The number of sulfonamides is 1. The Labute approximate surface area is 130 Å². The molecule has 0 fully saturated rings. The third-order valence-corrected chi connectivity index (χ3v) is 6.98. The fraction of sp³-hybridized carbons (Fsp3) is 0.462. The van der Waals surface area contributed by atoms with Crippen molar-refractivity contribution in [1.82, 2.24) is 4.72 Å². The summed E-state index contributed by atoms with van der Waals surface area (Å²) in [6.45, 7) is 4.05. The molecule has 0 aromatic heterocycles. The third kappa shape index (κ3) is 4.05. The normalized spacial score (nSPS) is 13.1. The molecule has 0 unspecified atom stereocenters. The van der Waals surface area contributed by atoms with Gasteiger partial charge in [0.15, 0.2) is 9.84 Å². The second-order valence-electron chi connectivity index (χ2n) is 5.64. The van der Waals surface area contributed by atoms with Crippen molar-refractivity contribution in [3.05, 3.63) is 29.3 Å². The van der Waals surface area contributed by atoms with Crippen molar-refractivity contribution in [2.45, 2.75) is 30.4 Å². The summed E-state index contributed by atoms with van der Waals surface area (Å²) in [6.07, 6.45) is 1.03. The van der Waals surface area contributed by atoms with Gasteiger partial charge in [-0.05, 0) is 44.5 Å². The molecular weight excluding hydrogens is 330 g/mol. The van der Waals surface area contributed by atoms with Crippen LogP contribution in [0.3, 0.4) is 0 Å². The number of hydrogen-bond donors (Lipinski definition) is 2. The van der Waals surface area contributed by atoms with Crippen LogP contribution in [0, 0.1) is 6.92 Å². The molecule has 124 valence electrons. The van der Waals surface area contributed by atoms with Gasteiger partial charge in [0.1, 0.15) is 0 Å². The first-order valence-electron chi connectivity index (χ1n) is 6.31. The van der Waals surface area contributed by atoms with E-state index in [1.807, 2.05) is 0 Å². The topological polar surface area (TPSA) is 118 Å². The summed E-state index contributed by atoms with van der Waals surface area (Å²) in [5, 5.41) is 8.93. The minimum Gasteiger partial charge on any atom is -0.478 e. The summed E-state index contributed by atoms with van der Waals surface area (Å²) >= 11 is 0. The molecule has 0 spiro atoms. The molecule has 0 bridgehead atoms. The lowest BCUT2D eigenvalue weighted by Gasteiger charge is -2.22. The minimum atomic E-state index is -3.93. The molecule has 7 nitrogen and oxygen atoms in total. The van der Waals surface area contributed by atoms with Gasteiger partial charge in [-0.2, -0.15) is 0 Å². The van der Waals surface area contributed by atoms with Crippen molar-refractivity contribution in [1.29, 1.82) is 0 Å². The Bertz CT molecular complexity index is 794. The molecule has 1 rings (SSSR count). The summed E-state index contributed by atoms with van der Waals surface area (Å²) in [5.41, 5.74) is 0.313. The van der Waals surface area contributed by atoms with Crippen LogP contribution in [-0.4, -0.2) is 45.5 Å². The Morgan fingerprint density at radius 3 is 2.18 bits per heavy atom. The molecule has 0 saturated carbocycles. The number of aromatic carboxylic acids is 1. The van der Waals surface area contributed by atoms with Gasteiger partial charge in [-0.1, -0.05) is 0 Å². The van der Waals surface area contributed by atoms with Crippen LogP contribution in [0.2, 0.25) is 0 Å². The Hall–Kier alpha value is -1.45. The summed E-state index contributed by atoms with van der Waals surface area (Å²) in [6, 6.07) is 3.61. The molecule has 0 radical (unpaired) electrons. The monoisotopic (exact) mass is 349 g/mol. The summed E-state index contributed by atoms with van der Waals surface area (Å²) in [7, 11) is -7.36. The van der Waals surface area contributed by atoms with Gasteiger partial charge in [0, 0.05) is 12.8 Å². The molecular formula is C13H19NO6S2. The smallest absolute Gasteiger partial charge is 0.335 e. The highest BCUT2D eigenvalue weighted by molar-refractivity contribution is 7.92. The predicted molar refractivity (Wildman–Crippen MR) is 82.2 cm³/mol. The Balaban J connectivity index is 3.07. The van der Waals surface area contributed by atoms with Gasteiger partial charge >= 0.3 is 5.97 Å². The quantitative estimate of drug-likeness (QED) is 0.784. The van der Waals surface area contributed by atoms with Gasteiger partial charge in [0.05, 0.1) is 15.2 Å². The highest BCUT2D eigenvalue weighted by Gasteiger charge is 2.32. The number of nitrogens with one attached hydrogen (secondary N) is 1. The number of aryl methyl sites for hydroxylation is 1. The van der Waals surface area contributed by atoms with Gasteiger partial charge in [0.2, 0.25) is 10.0 Å². The summed E-state index contributed by atoms with van der Waals surface area (Å²) in [5.74, 6) is -1.15. The van der Waals surface area contributed by atoms with E-state index in [1.165, 1.54) is 39.0 Å². The van der Waals surface area contributed by atoms with Gasteiger partial charge < -0.3 is 5.11 Å². The largest absolute Gasteiger partial charge is 0.478 e. The zero-order valence-corrected chi connectivity index (χ0v) is 14.4. The van der Waals surface area contributed by atoms with Gasteiger partial charge in [-0.15, -0.1) is 0 Å². The number of benzene rings is 1. The maximum Gasteiger partial charge on any atom is 0.335 e. The molecule has 0 aliphatic rings. The lowest BCUT2D eigenvalue weighted by Crippen LogP contribution is -2.43. The second kappa shape index (κ2) is 5.98. The lowest BCUT2D eigenvalue weighted by atomic mass is 10.1. The molecule has 0 heterocycles. The summed E-state index contributed by atoms with van der Waals surface area (Å²) in [4.78, 5) is 10.8. The molecule has 1 aromatic rings. The number of carbonyl (C=O) groups is 1. The van der Waals surface area contributed by atoms with Crippen LogP contribution in [0.1, 0.15) is 29.8 Å². The maximum absolute atomic E-state index is 12.2. The van der Waals surface area contributed by atoms with E-state index >= 15 is 0 Å². The van der Waals surface area contributed by atoms with Crippen LogP contribution in [-0.2, 0) is 19.9 Å². The molecule has 22 heavy (non-hydrogen) atoms. The van der Waals surface area contributed by atoms with E-state index in [-0.39, 0.29) is 17.0 Å². The number of sulfone groups is 1. The van der Waals surface area contributed by atoms with E-state index in [0.29, 0.717) is 5.56 Å². The second-order valence-corrected chi connectivity index (χ2v) is 10.1. The SMILES string of the molecule is Cc1cc(S(=O)(=O)NCC(C)(C)S(C)(=O)=O)ccc1C(=O)O. The molecule has 2 N–H and O–H groups in total. The molecule has 0 saturated heterocycles. The molecule has 0 amide bonds. The van der Waals surface area contributed by atoms with Crippen LogP contribution in [0.4, 0.5) is 0 Å². The van der Waals surface area contributed by atoms with Crippen LogP contribution in [0.5, 0.6) is 0 Å². The van der Waals surface area contributed by atoms with E-state index in [1.54, 1.807) is 0 Å². The highest BCUT2D eigenvalue weighted by atomic mass is 32.2. The maximum atomic E-state index is 12.2. The first-order valence-corrected chi connectivity index (χ1v) is 9.68. The zero-order valence-electron chi connectivity index (χ0n) is 12.7. The van der Waals surface area contributed by atoms with Gasteiger partial charge in [-0.3, -0.25) is 0 Å². The fourth-order valence-corrected chi connectivity index (χ4v) is 3.25. The molecule has 9 heteroatoms. The van der Waals surface area contributed by atoms with Crippen LogP contribution in [0.15, 0.2) is 23.1 Å². The van der Waals surface area contributed by atoms with Gasteiger partial charge in [-0.25, -0.2) is 26.4 Å². The highest BCUT2D eigenvalue weighted by Crippen LogP contribution is 2.18. The Morgan fingerprint density at radius 1 is 1.23 bits per heavy atom. The van der Waals surface area contributed by atoms with Crippen molar-refractivity contribution >= 4 is 25.8 Å². The third-order valence-electron chi connectivity index (χ3n) is 3.43. The lowest BCUT2D eigenvalue weighted by molar-refractivity contribution is 0.0696. The first-order chi connectivity index (χ1) is 9.78. The Morgan fingerprint density at radius 2 is 1.77 bits per heavy atom. The summed E-state index contributed by atoms with van der Waals surface area (Å²) < 4.78 is 48.5. The average Bonchev–Trinajstić information content (AvgIpc) is 2.34. The van der Waals surface area contributed by atoms with E-state index in [4.69, 9.17) is 5.11 Å². The van der Waals surface area contributed by atoms with Crippen LogP contribution < -0.4 is 4.72 Å². The van der Waals surface area contributed by atoms with E-state index in [2.05, 4.69) is 4.72 Å². The first kappa shape index (κ1) is 18.6. The van der Waals surface area contributed by atoms with E-state index < -0.39 is 30.6 Å². The Kier molecular flexibility index (Phi) is 5.05. The van der Waals surface area contributed by atoms with E-state index in [0.717, 1.165) is 6.26 Å². The van der Waals surface area contributed by atoms with E-state index in [9.17, 15) is 21.6 Å². The van der Waals surface area contributed by atoms with Crippen molar-refractivity contribution in [3.8, 4) is 0 Å². The zero-order chi connectivity index (χ0) is 17.3. The minimum absolute atomic E-state index is 0.00964. The molecule has 0 aliphatic carbocycles.